The van der Waals surface area contributed by atoms with Gasteiger partial charge in [0.15, 0.2) is 0 Å². The number of hydrogen-bond acceptors (Lipinski definition) is 5. The molecule has 0 aliphatic rings. The Hall–Kier alpha value is -0.700. The monoisotopic (exact) mass is 254 g/mol. The normalized spacial score (nSPS) is 13.8. The number of carbonyl (C=O) groups excluding carboxylic acids is 1. The number of carbonyl (C=O) groups is 1. The quantitative estimate of drug-likeness (QED) is 0.550. The molecule has 1 atom stereocenters. The lowest BCUT2D eigenvalue weighted by Gasteiger charge is -2.19. The van der Waals surface area contributed by atoms with Crippen molar-refractivity contribution in [3.05, 3.63) is 0 Å². The molecule has 0 fully saturated rings. The van der Waals surface area contributed by atoms with Gasteiger partial charge in [0.1, 0.15) is 0 Å². The van der Waals surface area contributed by atoms with Gasteiger partial charge in [0.2, 0.25) is 0 Å². The molecule has 0 aromatic rings. The van der Waals surface area contributed by atoms with Crippen LogP contribution in [-0.2, 0) is 19.7 Å². The maximum atomic E-state index is 11.6. The summed E-state index contributed by atoms with van der Waals surface area (Å²) < 4.78 is 30.7. The zero-order valence-corrected chi connectivity index (χ0v) is 10.5. The topological polar surface area (TPSA) is 95.9 Å². The maximum Gasteiger partial charge on any atom is 0.306 e. The highest BCUT2D eigenvalue weighted by molar-refractivity contribution is 7.87. The van der Waals surface area contributed by atoms with Gasteiger partial charge in [-0.1, -0.05) is 0 Å². The first-order valence-electron chi connectivity index (χ1n) is 4.74. The van der Waals surface area contributed by atoms with Crippen LogP contribution >= 0.6 is 0 Å². The van der Waals surface area contributed by atoms with Gasteiger partial charge in [0, 0.05) is 19.6 Å². The molecule has 0 aliphatic carbocycles. The molecule has 0 saturated heterocycles. The molecule has 0 aromatic carbocycles. The second-order valence-corrected chi connectivity index (χ2v) is 5.16. The van der Waals surface area contributed by atoms with Gasteiger partial charge in [-0.15, -0.1) is 0 Å². The van der Waals surface area contributed by atoms with Crippen molar-refractivity contribution in [2.45, 2.75) is 19.4 Å². The summed E-state index contributed by atoms with van der Waals surface area (Å²) in [6.07, 6.45) is -0.0125. The van der Waals surface area contributed by atoms with Crippen molar-refractivity contribution >= 4 is 16.2 Å². The second-order valence-electron chi connectivity index (χ2n) is 3.35. The van der Waals surface area contributed by atoms with Crippen molar-refractivity contribution in [1.29, 1.82) is 0 Å². The molecular formula is C8H18N2O5S. The number of esters is 1. The number of hydrogen-bond donors (Lipinski definition) is 2. The van der Waals surface area contributed by atoms with E-state index in [1.165, 1.54) is 21.1 Å². The summed E-state index contributed by atoms with van der Waals surface area (Å²) in [5.74, 6) is -0.475. The smallest absolute Gasteiger partial charge is 0.306 e. The van der Waals surface area contributed by atoms with Gasteiger partial charge in [0.05, 0.1) is 20.1 Å². The summed E-state index contributed by atoms with van der Waals surface area (Å²) in [5.41, 5.74) is 0. The van der Waals surface area contributed by atoms with Crippen LogP contribution in [0.4, 0.5) is 0 Å². The Morgan fingerprint density at radius 3 is 2.56 bits per heavy atom. The Balaban J connectivity index is 4.25. The van der Waals surface area contributed by atoms with Crippen LogP contribution in [0.15, 0.2) is 0 Å². The Labute approximate surface area is 95.6 Å². The Morgan fingerprint density at radius 2 is 2.12 bits per heavy atom. The zero-order chi connectivity index (χ0) is 12.8. The highest BCUT2D eigenvalue weighted by atomic mass is 32.2. The molecule has 0 spiro atoms. The van der Waals surface area contributed by atoms with Crippen molar-refractivity contribution in [1.82, 2.24) is 9.03 Å². The molecule has 7 nitrogen and oxygen atoms in total. The summed E-state index contributed by atoms with van der Waals surface area (Å²) in [5, 5.41) is 8.72. The van der Waals surface area contributed by atoms with Crippen molar-refractivity contribution < 1.29 is 23.1 Å². The molecule has 16 heavy (non-hydrogen) atoms. The SMILES string of the molecule is COC(=O)CCN(C)S(=O)(=O)NC(C)CO. The van der Waals surface area contributed by atoms with Gasteiger partial charge in [-0.25, -0.2) is 0 Å². The minimum absolute atomic E-state index is 0.0125. The fraction of sp³-hybridized carbons (Fsp3) is 0.875. The number of nitrogens with zero attached hydrogens (tertiary/aromatic N) is 1. The lowest BCUT2D eigenvalue weighted by molar-refractivity contribution is -0.140. The van der Waals surface area contributed by atoms with Crippen LogP contribution < -0.4 is 4.72 Å². The molecule has 0 amide bonds. The van der Waals surface area contributed by atoms with E-state index < -0.39 is 22.2 Å². The first kappa shape index (κ1) is 15.3. The molecule has 0 radical (unpaired) electrons. The Bertz CT molecular complexity index is 316. The third-order valence-electron chi connectivity index (χ3n) is 1.89. The Kier molecular flexibility index (Phi) is 6.49. The van der Waals surface area contributed by atoms with E-state index in [9.17, 15) is 13.2 Å². The predicted molar refractivity (Wildman–Crippen MR) is 57.9 cm³/mol. The number of rotatable bonds is 7. The molecule has 8 heteroatoms. The average molecular weight is 254 g/mol. The minimum Gasteiger partial charge on any atom is -0.469 e. The van der Waals surface area contributed by atoms with Crippen LogP contribution in [0, 0.1) is 0 Å². The van der Waals surface area contributed by atoms with Gasteiger partial charge < -0.3 is 9.84 Å². The van der Waals surface area contributed by atoms with E-state index in [1.54, 1.807) is 0 Å². The van der Waals surface area contributed by atoms with Crippen molar-refractivity contribution in [2.75, 3.05) is 27.3 Å². The van der Waals surface area contributed by atoms with Gasteiger partial charge in [-0.2, -0.15) is 17.4 Å². The van der Waals surface area contributed by atoms with Gasteiger partial charge in [-0.05, 0) is 6.92 Å². The first-order valence-corrected chi connectivity index (χ1v) is 6.18. The molecule has 1 unspecified atom stereocenters. The molecule has 2 N–H and O–H groups in total. The number of aliphatic hydroxyl groups is 1. The van der Waals surface area contributed by atoms with E-state index in [1.807, 2.05) is 0 Å². The average Bonchev–Trinajstić information content (AvgIpc) is 2.24. The molecule has 96 valence electrons. The van der Waals surface area contributed by atoms with Crippen molar-refractivity contribution in [3.8, 4) is 0 Å². The molecular weight excluding hydrogens is 236 g/mol. The van der Waals surface area contributed by atoms with Gasteiger partial charge >= 0.3 is 5.97 Å². The van der Waals surface area contributed by atoms with Gasteiger partial charge in [0.25, 0.3) is 10.2 Å². The summed E-state index contributed by atoms with van der Waals surface area (Å²) >= 11 is 0. The minimum atomic E-state index is -3.66. The largest absolute Gasteiger partial charge is 0.469 e. The second kappa shape index (κ2) is 6.79. The molecule has 0 bridgehead atoms. The molecule has 0 rings (SSSR count). The molecule has 0 heterocycles. The number of aliphatic hydroxyl groups excluding tert-OH is 1. The predicted octanol–water partition coefficient (Wildman–Crippen LogP) is -1.30. The van der Waals surface area contributed by atoms with Crippen LogP contribution in [-0.4, -0.2) is 57.1 Å². The van der Waals surface area contributed by atoms with Gasteiger partial charge in [-0.3, -0.25) is 4.79 Å². The van der Waals surface area contributed by atoms with E-state index in [4.69, 9.17) is 5.11 Å². The van der Waals surface area contributed by atoms with E-state index in [0.717, 1.165) is 4.31 Å². The summed E-state index contributed by atoms with van der Waals surface area (Å²) in [6, 6.07) is -0.564. The third-order valence-corrected chi connectivity index (χ3v) is 3.60. The number of nitrogens with one attached hydrogen (secondary N) is 1. The summed E-state index contributed by atoms with van der Waals surface area (Å²) in [4.78, 5) is 10.8. The van der Waals surface area contributed by atoms with E-state index in [-0.39, 0.29) is 19.6 Å². The third kappa shape index (κ3) is 5.40. The standard InChI is InChI=1S/C8H18N2O5S/c1-7(6-11)9-16(13,14)10(2)5-4-8(12)15-3/h7,9,11H,4-6H2,1-3H3. The zero-order valence-electron chi connectivity index (χ0n) is 9.63. The summed E-state index contributed by atoms with van der Waals surface area (Å²) in [7, 11) is -1.08. The number of ether oxygens (including phenoxy) is 1. The number of methoxy groups -OCH3 is 1. The van der Waals surface area contributed by atoms with Crippen LogP contribution in [0.25, 0.3) is 0 Å². The highest BCUT2D eigenvalue weighted by Gasteiger charge is 2.20. The van der Waals surface area contributed by atoms with Crippen LogP contribution in [0.2, 0.25) is 0 Å². The molecule has 0 aliphatic heterocycles. The lowest BCUT2D eigenvalue weighted by Crippen LogP contribution is -2.44. The van der Waals surface area contributed by atoms with Crippen molar-refractivity contribution in [3.63, 3.8) is 0 Å². The molecule has 0 saturated carbocycles. The lowest BCUT2D eigenvalue weighted by atomic mass is 10.4. The summed E-state index contributed by atoms with van der Waals surface area (Å²) in [6.45, 7) is 1.27. The van der Waals surface area contributed by atoms with E-state index in [2.05, 4.69) is 9.46 Å². The van der Waals surface area contributed by atoms with Crippen LogP contribution in [0.1, 0.15) is 13.3 Å². The highest BCUT2D eigenvalue weighted by Crippen LogP contribution is 1.98. The van der Waals surface area contributed by atoms with E-state index in [0.29, 0.717) is 0 Å². The first-order chi connectivity index (χ1) is 7.33. The maximum absolute atomic E-state index is 11.6. The van der Waals surface area contributed by atoms with Crippen LogP contribution in [0.3, 0.4) is 0 Å². The van der Waals surface area contributed by atoms with Crippen molar-refractivity contribution in [2.24, 2.45) is 0 Å². The fourth-order valence-electron chi connectivity index (χ4n) is 0.852. The van der Waals surface area contributed by atoms with E-state index >= 15 is 0 Å². The van der Waals surface area contributed by atoms with Crippen LogP contribution in [0.5, 0.6) is 0 Å². The fourth-order valence-corrected chi connectivity index (χ4v) is 1.95. The Morgan fingerprint density at radius 1 is 1.56 bits per heavy atom. The molecule has 0 aromatic heterocycles.